The summed E-state index contributed by atoms with van der Waals surface area (Å²) < 4.78 is 0. The molecule has 19 heavy (non-hydrogen) atoms. The van der Waals surface area contributed by atoms with Gasteiger partial charge < -0.3 is 15.7 Å². The normalized spacial score (nSPS) is 14.6. The number of aliphatic hydroxyl groups excluding tert-OH is 1. The highest BCUT2D eigenvalue weighted by Crippen LogP contribution is 2.07. The molecule has 0 aromatic heterocycles. The van der Waals surface area contributed by atoms with E-state index in [2.05, 4.69) is 43.5 Å². The van der Waals surface area contributed by atoms with E-state index in [9.17, 15) is 5.11 Å². The van der Waals surface area contributed by atoms with Crippen LogP contribution >= 0.6 is 12.2 Å². The Hall–Kier alpha value is -1.13. The van der Waals surface area contributed by atoms with Gasteiger partial charge in [-0.3, -0.25) is 0 Å². The van der Waals surface area contributed by atoms with Gasteiger partial charge in [0.05, 0.1) is 12.1 Å². The van der Waals surface area contributed by atoms with Crippen LogP contribution in [0.25, 0.3) is 0 Å². The fourth-order valence-corrected chi connectivity index (χ4v) is 2.21. The second-order valence-corrected chi connectivity index (χ2v) is 6.29. The summed E-state index contributed by atoms with van der Waals surface area (Å²) in [6, 6.07) is 10.00. The van der Waals surface area contributed by atoms with E-state index >= 15 is 0 Å². The maximum atomic E-state index is 9.87. The summed E-state index contributed by atoms with van der Waals surface area (Å²) in [5, 5.41) is 16.8. The summed E-state index contributed by atoms with van der Waals surface area (Å²) in [6.45, 7) is 7.93. The van der Waals surface area contributed by atoms with Gasteiger partial charge in [0, 0.05) is 5.54 Å². The lowest BCUT2D eigenvalue weighted by Crippen LogP contribution is -2.52. The molecule has 0 radical (unpaired) electrons. The number of hydrogen-bond acceptors (Lipinski definition) is 2. The second kappa shape index (κ2) is 6.87. The van der Waals surface area contributed by atoms with E-state index in [-0.39, 0.29) is 11.6 Å². The third-order valence-electron chi connectivity index (χ3n) is 2.69. The van der Waals surface area contributed by atoms with Crippen LogP contribution in [0, 0.1) is 0 Å². The molecule has 0 amide bonds. The third kappa shape index (κ3) is 6.55. The Labute approximate surface area is 121 Å². The average Bonchev–Trinajstić information content (AvgIpc) is 2.26. The lowest BCUT2D eigenvalue weighted by Gasteiger charge is -2.28. The Balaban J connectivity index is 2.61. The first-order valence-electron chi connectivity index (χ1n) is 6.58. The maximum absolute atomic E-state index is 9.87. The Morgan fingerprint density at radius 2 is 1.84 bits per heavy atom. The summed E-state index contributed by atoms with van der Waals surface area (Å²) >= 11 is 5.28. The Morgan fingerprint density at radius 1 is 1.26 bits per heavy atom. The Morgan fingerprint density at radius 3 is 2.32 bits per heavy atom. The molecular weight excluding hydrogens is 256 g/mol. The lowest BCUT2D eigenvalue weighted by molar-refractivity contribution is 0.154. The lowest BCUT2D eigenvalue weighted by atomic mass is 10.0. The smallest absolute Gasteiger partial charge is 0.167 e. The van der Waals surface area contributed by atoms with Crippen LogP contribution in [0.15, 0.2) is 30.3 Å². The van der Waals surface area contributed by atoms with Crippen LogP contribution in [0.1, 0.15) is 33.3 Å². The number of rotatable bonds is 4. The Bertz CT molecular complexity index is 398. The van der Waals surface area contributed by atoms with E-state index in [0.717, 1.165) is 6.42 Å². The van der Waals surface area contributed by atoms with Gasteiger partial charge in [-0.1, -0.05) is 30.3 Å². The molecule has 3 N–H and O–H groups in total. The zero-order valence-electron chi connectivity index (χ0n) is 12.1. The van der Waals surface area contributed by atoms with E-state index in [1.165, 1.54) is 5.56 Å². The standard InChI is InChI=1S/C15H24N2OS/c1-11(18)13(10-12-8-6-5-7-9-12)16-14(19)17-15(2,3)4/h5-9,11,13,18H,10H2,1-4H3,(H2,16,17,19)/t11-,13-/m1/s1. The number of benzene rings is 1. The monoisotopic (exact) mass is 280 g/mol. The molecule has 0 unspecified atom stereocenters. The van der Waals surface area contributed by atoms with Gasteiger partial charge in [-0.05, 0) is 51.9 Å². The van der Waals surface area contributed by atoms with Crippen molar-refractivity contribution < 1.29 is 5.11 Å². The van der Waals surface area contributed by atoms with Crippen molar-refractivity contribution in [3.8, 4) is 0 Å². The number of thiocarbonyl (C=S) groups is 1. The van der Waals surface area contributed by atoms with Gasteiger partial charge in [0.1, 0.15) is 0 Å². The first kappa shape index (κ1) is 15.9. The van der Waals surface area contributed by atoms with Crippen molar-refractivity contribution in [3.63, 3.8) is 0 Å². The fraction of sp³-hybridized carbons (Fsp3) is 0.533. The predicted octanol–water partition coefficient (Wildman–Crippen LogP) is 2.24. The molecule has 106 valence electrons. The van der Waals surface area contributed by atoms with Crippen LogP contribution in [0.5, 0.6) is 0 Å². The zero-order chi connectivity index (χ0) is 14.5. The highest BCUT2D eigenvalue weighted by molar-refractivity contribution is 7.80. The highest BCUT2D eigenvalue weighted by atomic mass is 32.1. The van der Waals surface area contributed by atoms with Crippen molar-refractivity contribution in [3.05, 3.63) is 35.9 Å². The van der Waals surface area contributed by atoms with Crippen LogP contribution in [-0.4, -0.2) is 27.9 Å². The first-order chi connectivity index (χ1) is 8.78. The molecule has 0 fully saturated rings. The van der Waals surface area contributed by atoms with Crippen LogP contribution < -0.4 is 10.6 Å². The third-order valence-corrected chi connectivity index (χ3v) is 2.91. The topological polar surface area (TPSA) is 44.3 Å². The minimum atomic E-state index is -0.472. The van der Waals surface area contributed by atoms with Crippen molar-refractivity contribution in [2.24, 2.45) is 0 Å². The van der Waals surface area contributed by atoms with Crippen LogP contribution in [0.2, 0.25) is 0 Å². The molecular formula is C15H24N2OS. The first-order valence-corrected chi connectivity index (χ1v) is 6.99. The van der Waals surface area contributed by atoms with E-state index in [1.54, 1.807) is 6.92 Å². The molecule has 0 saturated heterocycles. The van der Waals surface area contributed by atoms with E-state index in [0.29, 0.717) is 5.11 Å². The summed E-state index contributed by atoms with van der Waals surface area (Å²) in [4.78, 5) is 0. The van der Waals surface area contributed by atoms with Gasteiger partial charge in [0.2, 0.25) is 0 Å². The number of aliphatic hydroxyl groups is 1. The highest BCUT2D eigenvalue weighted by Gasteiger charge is 2.18. The molecule has 3 nitrogen and oxygen atoms in total. The number of hydrogen-bond donors (Lipinski definition) is 3. The molecule has 1 aromatic rings. The van der Waals surface area contributed by atoms with E-state index in [4.69, 9.17) is 12.2 Å². The molecule has 0 heterocycles. The van der Waals surface area contributed by atoms with Crippen LogP contribution in [0.4, 0.5) is 0 Å². The Kier molecular flexibility index (Phi) is 5.76. The van der Waals surface area contributed by atoms with E-state index in [1.807, 2.05) is 18.2 Å². The van der Waals surface area contributed by atoms with Crippen LogP contribution in [0.3, 0.4) is 0 Å². The van der Waals surface area contributed by atoms with Crippen molar-refractivity contribution in [2.75, 3.05) is 0 Å². The molecule has 4 heteroatoms. The van der Waals surface area contributed by atoms with Crippen LogP contribution in [-0.2, 0) is 6.42 Å². The van der Waals surface area contributed by atoms with Crippen molar-refractivity contribution >= 4 is 17.3 Å². The van der Waals surface area contributed by atoms with Crippen molar-refractivity contribution in [2.45, 2.75) is 51.8 Å². The molecule has 0 aliphatic heterocycles. The number of nitrogens with one attached hydrogen (secondary N) is 2. The summed E-state index contributed by atoms with van der Waals surface area (Å²) in [5.74, 6) is 0. The summed E-state index contributed by atoms with van der Waals surface area (Å²) in [6.07, 6.45) is 0.268. The molecule has 0 saturated carbocycles. The predicted molar refractivity (Wildman–Crippen MR) is 84.2 cm³/mol. The average molecular weight is 280 g/mol. The summed E-state index contributed by atoms with van der Waals surface area (Å²) in [7, 11) is 0. The largest absolute Gasteiger partial charge is 0.391 e. The van der Waals surface area contributed by atoms with Gasteiger partial charge in [-0.2, -0.15) is 0 Å². The zero-order valence-corrected chi connectivity index (χ0v) is 12.9. The minimum Gasteiger partial charge on any atom is -0.391 e. The van der Waals surface area contributed by atoms with E-state index < -0.39 is 6.10 Å². The van der Waals surface area contributed by atoms with Gasteiger partial charge in [-0.15, -0.1) is 0 Å². The quantitative estimate of drug-likeness (QED) is 0.740. The van der Waals surface area contributed by atoms with Gasteiger partial charge in [-0.25, -0.2) is 0 Å². The van der Waals surface area contributed by atoms with Crippen molar-refractivity contribution in [1.29, 1.82) is 0 Å². The van der Waals surface area contributed by atoms with Gasteiger partial charge in [0.25, 0.3) is 0 Å². The van der Waals surface area contributed by atoms with Gasteiger partial charge >= 0.3 is 0 Å². The molecule has 0 aliphatic rings. The van der Waals surface area contributed by atoms with Crippen molar-refractivity contribution in [1.82, 2.24) is 10.6 Å². The second-order valence-electron chi connectivity index (χ2n) is 5.89. The molecule has 1 rings (SSSR count). The summed E-state index contributed by atoms with van der Waals surface area (Å²) in [5.41, 5.74) is 1.10. The molecule has 0 aliphatic carbocycles. The molecule has 0 bridgehead atoms. The SMILES string of the molecule is C[C@@H](O)[C@@H](Cc1ccccc1)NC(=S)NC(C)(C)C. The molecule has 2 atom stereocenters. The van der Waals surface area contributed by atoms with Gasteiger partial charge in [0.15, 0.2) is 5.11 Å². The maximum Gasteiger partial charge on any atom is 0.167 e. The molecule has 0 spiro atoms. The molecule has 1 aromatic carbocycles. The minimum absolute atomic E-state index is 0.0833. The fourth-order valence-electron chi connectivity index (χ4n) is 1.76.